The van der Waals surface area contributed by atoms with Gasteiger partial charge in [-0.05, 0) is 119 Å². The van der Waals surface area contributed by atoms with Gasteiger partial charge in [0, 0.05) is 0 Å². The third-order valence-electron chi connectivity index (χ3n) is 9.05. The van der Waals surface area contributed by atoms with Crippen molar-refractivity contribution in [1.82, 2.24) is 0 Å². The number of halogens is 1. The molecule has 0 heterocycles. The summed E-state index contributed by atoms with van der Waals surface area (Å²) in [4.78, 5) is 0. The Bertz CT molecular complexity index is 1770. The molecule has 0 amide bonds. The molecule has 0 aliphatic heterocycles. The first-order chi connectivity index (χ1) is 27.4. The van der Waals surface area contributed by atoms with Crippen molar-refractivity contribution in [3.05, 3.63) is 191 Å². The van der Waals surface area contributed by atoms with Crippen LogP contribution in [0.4, 0.5) is 0 Å². The summed E-state index contributed by atoms with van der Waals surface area (Å²) < 4.78 is 0. The van der Waals surface area contributed by atoms with Gasteiger partial charge in [-0.3, -0.25) is 0 Å². The van der Waals surface area contributed by atoms with Gasteiger partial charge in [0.25, 0.3) is 0 Å². The number of hydrogen-bond acceptors (Lipinski definition) is 0. The number of aryl methyl sites for hydroxylation is 3. The average Bonchev–Trinajstić information content (AvgIpc) is 3.20. The van der Waals surface area contributed by atoms with Gasteiger partial charge in [-0.2, -0.15) is 0 Å². The molecule has 0 N–H and O–H groups in total. The van der Waals surface area contributed by atoms with E-state index in [0.29, 0.717) is 0 Å². The highest BCUT2D eigenvalue weighted by molar-refractivity contribution is 9.08. The van der Waals surface area contributed by atoms with Crippen molar-refractivity contribution in [2.24, 2.45) is 23.7 Å². The van der Waals surface area contributed by atoms with Crippen molar-refractivity contribution in [2.45, 2.75) is 115 Å². The highest BCUT2D eigenvalue weighted by Crippen LogP contribution is 2.18. The van der Waals surface area contributed by atoms with E-state index in [1.165, 1.54) is 75.4 Å². The van der Waals surface area contributed by atoms with Crippen LogP contribution in [-0.4, -0.2) is 5.83 Å². The molecule has 0 bridgehead atoms. The van der Waals surface area contributed by atoms with Crippen LogP contribution in [0.5, 0.6) is 0 Å². The summed E-state index contributed by atoms with van der Waals surface area (Å²) in [5.74, 6) is 4.83. The van der Waals surface area contributed by atoms with E-state index in [0.717, 1.165) is 36.5 Å². The molecule has 6 aromatic carbocycles. The van der Waals surface area contributed by atoms with E-state index in [2.05, 4.69) is 226 Å². The van der Waals surface area contributed by atoms with Gasteiger partial charge < -0.3 is 0 Å². The van der Waals surface area contributed by atoms with Crippen molar-refractivity contribution >= 4 is 26.7 Å². The Morgan fingerprint density at radius 2 is 0.702 bits per heavy atom. The predicted octanol–water partition coefficient (Wildman–Crippen LogP) is 16.8. The van der Waals surface area contributed by atoms with Crippen molar-refractivity contribution in [1.29, 1.82) is 0 Å². The van der Waals surface area contributed by atoms with Crippen LogP contribution in [0.25, 0.3) is 10.8 Å². The third-order valence-corrected chi connectivity index (χ3v) is 9.05. The van der Waals surface area contributed by atoms with Crippen LogP contribution in [0.3, 0.4) is 0 Å². The molecule has 0 aliphatic rings. The van der Waals surface area contributed by atoms with E-state index >= 15 is 0 Å². The zero-order valence-corrected chi connectivity index (χ0v) is 39.4. The molecule has 6 aromatic rings. The lowest BCUT2D eigenvalue weighted by atomic mass is 9.96. The van der Waals surface area contributed by atoms with Crippen LogP contribution < -0.4 is 0 Å². The molecule has 0 spiro atoms. The minimum Gasteiger partial charge on any atom is -0.0966 e. The molecule has 1 heteroatoms. The van der Waals surface area contributed by atoms with E-state index in [1.807, 2.05) is 24.0 Å². The fourth-order valence-electron chi connectivity index (χ4n) is 6.49. The van der Waals surface area contributed by atoms with Gasteiger partial charge in [-0.25, -0.2) is 0 Å². The second kappa shape index (κ2) is 31.1. The maximum absolute atomic E-state index is 2.94. The fraction of sp³-hybridized carbons (Fsp3) is 0.393. The quantitative estimate of drug-likeness (QED) is 0.121. The number of fused-ring (bicyclic) bond motifs is 1. The largest absolute Gasteiger partial charge is 0.0966 e. The van der Waals surface area contributed by atoms with Gasteiger partial charge in [0.1, 0.15) is 0 Å². The molecule has 0 aromatic heterocycles. The van der Waals surface area contributed by atoms with Crippen molar-refractivity contribution in [3.63, 3.8) is 0 Å². The van der Waals surface area contributed by atoms with E-state index in [1.54, 1.807) is 0 Å². The Labute approximate surface area is 359 Å². The normalized spacial score (nSPS) is 10.2. The van der Waals surface area contributed by atoms with Crippen LogP contribution >= 0.6 is 15.9 Å². The zero-order valence-electron chi connectivity index (χ0n) is 37.9. The average molecular weight is 830 g/mol. The summed E-state index contributed by atoms with van der Waals surface area (Å²) in [5, 5.41) is 2.69. The predicted molar refractivity (Wildman–Crippen MR) is 262 cm³/mol. The van der Waals surface area contributed by atoms with Gasteiger partial charge in [0.05, 0.1) is 0 Å². The van der Waals surface area contributed by atoms with Crippen LogP contribution in [0.2, 0.25) is 0 Å². The molecule has 0 nitrogen and oxygen atoms in total. The zero-order chi connectivity index (χ0) is 42.4. The molecular formula is C56H77Br. The summed E-state index contributed by atoms with van der Waals surface area (Å²) >= 11 is 2.94. The van der Waals surface area contributed by atoms with E-state index < -0.39 is 0 Å². The van der Waals surface area contributed by atoms with Gasteiger partial charge in [0.2, 0.25) is 0 Å². The van der Waals surface area contributed by atoms with Crippen LogP contribution in [0.1, 0.15) is 108 Å². The number of alkyl halides is 1. The monoisotopic (exact) mass is 829 g/mol. The molecule has 6 rings (SSSR count). The summed E-state index contributed by atoms with van der Waals surface area (Å²) in [6.45, 7) is 24.6. The van der Waals surface area contributed by atoms with E-state index in [-0.39, 0.29) is 0 Å². The minimum atomic E-state index is 0.733. The summed E-state index contributed by atoms with van der Waals surface area (Å²) in [6.07, 6.45) is 7.09. The fourth-order valence-corrected chi connectivity index (χ4v) is 6.49. The number of hydrogen-bond donors (Lipinski definition) is 0. The molecule has 0 aliphatic carbocycles. The molecule has 0 atom stereocenters. The molecule has 0 unspecified atom stereocenters. The minimum absolute atomic E-state index is 0.733. The van der Waals surface area contributed by atoms with Gasteiger partial charge >= 0.3 is 0 Å². The molecule has 0 radical (unpaired) electrons. The highest BCUT2D eigenvalue weighted by atomic mass is 79.9. The maximum Gasteiger partial charge on any atom is -0.00848 e. The van der Waals surface area contributed by atoms with Crippen LogP contribution in [0.15, 0.2) is 152 Å². The maximum atomic E-state index is 2.94. The molecule has 0 saturated carbocycles. The first-order valence-electron chi connectivity index (χ1n) is 21.5. The first-order valence-corrected chi connectivity index (χ1v) is 23.0. The summed E-state index contributed by atoms with van der Waals surface area (Å²) in [7, 11) is 0. The Morgan fingerprint density at radius 3 is 1.09 bits per heavy atom. The Kier molecular flexibility index (Phi) is 27.9. The second-order valence-corrected chi connectivity index (χ2v) is 16.5. The number of rotatable bonds is 10. The molecule has 0 fully saturated rings. The lowest BCUT2D eigenvalue weighted by Crippen LogP contribution is -1.97. The van der Waals surface area contributed by atoms with Crippen molar-refractivity contribution in [2.75, 3.05) is 5.83 Å². The topological polar surface area (TPSA) is 0 Å². The van der Waals surface area contributed by atoms with Crippen molar-refractivity contribution < 1.29 is 0 Å². The SMILES string of the molecule is CBr.CC(C)Cc1ccc2ccccc2c1.CC(C)Cc1ccccc1.CC(C)Cc1ccccc1.CCc1ccc(CC(C)C)cc1CC.Cc1ccccc1. The summed E-state index contributed by atoms with van der Waals surface area (Å²) in [6, 6.07) is 53.7. The van der Waals surface area contributed by atoms with Crippen molar-refractivity contribution in [3.8, 4) is 0 Å². The van der Waals surface area contributed by atoms with Gasteiger partial charge in [-0.1, -0.05) is 242 Å². The summed E-state index contributed by atoms with van der Waals surface area (Å²) in [5.41, 5.74) is 10.2. The van der Waals surface area contributed by atoms with Crippen LogP contribution in [-0.2, 0) is 38.5 Å². The van der Waals surface area contributed by atoms with E-state index in [4.69, 9.17) is 0 Å². The highest BCUT2D eigenvalue weighted by Gasteiger charge is 2.03. The van der Waals surface area contributed by atoms with Gasteiger partial charge in [0.15, 0.2) is 0 Å². The van der Waals surface area contributed by atoms with Gasteiger partial charge in [-0.15, -0.1) is 0 Å². The number of benzene rings is 6. The molecule has 0 saturated heterocycles. The van der Waals surface area contributed by atoms with E-state index in [9.17, 15) is 0 Å². The Balaban J connectivity index is 0.000000359. The Hall–Kier alpha value is -3.94. The second-order valence-electron chi connectivity index (χ2n) is 16.5. The smallest absolute Gasteiger partial charge is 0.00848 e. The van der Waals surface area contributed by atoms with Crippen LogP contribution in [0, 0.1) is 30.6 Å². The third kappa shape index (κ3) is 24.4. The molecular weight excluding hydrogens is 753 g/mol. The lowest BCUT2D eigenvalue weighted by Gasteiger charge is -2.10. The molecule has 308 valence electrons. The molecule has 57 heavy (non-hydrogen) atoms. The first kappa shape index (κ1) is 51.1. The lowest BCUT2D eigenvalue weighted by molar-refractivity contribution is 0.646. The standard InChI is InChI=1S/C14H16.C14H22.2C10H14.C7H8.CH3Br/c1-11(2)9-12-7-8-13-5-3-4-6-14(13)10-12;1-5-13-8-7-12(9-11(3)4)10-14(13)6-2;2*1-9(2)8-10-6-4-3-5-7-10;1-7-5-3-2-4-6-7;1-2/h3-8,10-11H,9H2,1-2H3;7-8,10-11H,5-6,9H2,1-4H3;2*3-7,9H,8H2,1-2H3;2-6H,1H3;1H3. The Morgan fingerprint density at radius 1 is 0.351 bits per heavy atom.